The van der Waals surface area contributed by atoms with Gasteiger partial charge in [0.25, 0.3) is 0 Å². The number of para-hydroxylation sites is 2. The van der Waals surface area contributed by atoms with Crippen molar-refractivity contribution in [3.8, 4) is 0 Å². The van der Waals surface area contributed by atoms with Crippen LogP contribution < -0.4 is 4.57 Å². The molecule has 28 heavy (non-hydrogen) atoms. The molecule has 5 heteroatoms. The molecule has 0 spiro atoms. The highest BCUT2D eigenvalue weighted by Gasteiger charge is 2.15. The minimum Gasteiger partial charge on any atom is -0.287 e. The Kier molecular flexibility index (Phi) is 5.72. The summed E-state index contributed by atoms with van der Waals surface area (Å²) in [6.07, 6.45) is 5.28. The first-order valence-corrected chi connectivity index (χ1v) is 10.5. The minimum atomic E-state index is -0.275. The maximum atomic E-state index is 12.8. The van der Waals surface area contributed by atoms with E-state index in [9.17, 15) is 9.18 Å². The number of aromatic nitrogens is 2. The molecule has 0 radical (unpaired) electrons. The van der Waals surface area contributed by atoms with Crippen molar-refractivity contribution in [2.24, 2.45) is 0 Å². The van der Waals surface area contributed by atoms with E-state index in [1.165, 1.54) is 0 Å². The lowest BCUT2D eigenvalue weighted by atomic mass is 10.2. The molecule has 2 aromatic heterocycles. The van der Waals surface area contributed by atoms with Crippen LogP contribution in [0, 0.1) is 0 Å². The fraction of sp³-hybridized carbons (Fsp3) is 0.217. The highest BCUT2D eigenvalue weighted by Crippen LogP contribution is 2.26. The Morgan fingerprint density at radius 2 is 1.82 bits per heavy atom. The van der Waals surface area contributed by atoms with Crippen LogP contribution in [0.5, 0.6) is 0 Å². The van der Waals surface area contributed by atoms with Crippen LogP contribution in [0.3, 0.4) is 0 Å². The third kappa shape index (κ3) is 3.80. The molecule has 3 nitrogen and oxygen atoms in total. The number of hydrogen-bond donors (Lipinski definition) is 0. The van der Waals surface area contributed by atoms with E-state index in [0.717, 1.165) is 39.7 Å². The van der Waals surface area contributed by atoms with Crippen molar-refractivity contribution in [2.75, 3.05) is 12.4 Å². The van der Waals surface area contributed by atoms with Gasteiger partial charge in [0, 0.05) is 35.0 Å². The summed E-state index contributed by atoms with van der Waals surface area (Å²) in [5.41, 5.74) is 2.06. The van der Waals surface area contributed by atoms with E-state index in [1.807, 2.05) is 54.9 Å². The van der Waals surface area contributed by atoms with Crippen molar-refractivity contribution in [3.63, 3.8) is 0 Å². The highest BCUT2D eigenvalue weighted by atomic mass is 32.2. The van der Waals surface area contributed by atoms with Crippen molar-refractivity contribution < 1.29 is 13.8 Å². The third-order valence-corrected chi connectivity index (χ3v) is 5.95. The predicted octanol–water partition coefficient (Wildman–Crippen LogP) is 5.26. The third-order valence-electron chi connectivity index (χ3n) is 4.89. The molecule has 0 saturated carbocycles. The van der Waals surface area contributed by atoms with Gasteiger partial charge in [-0.25, -0.2) is 0 Å². The maximum Gasteiger partial charge on any atom is 0.241 e. The van der Waals surface area contributed by atoms with Crippen LogP contribution in [0.15, 0.2) is 78.0 Å². The lowest BCUT2D eigenvalue weighted by molar-refractivity contribution is -0.672. The number of pyridine rings is 1. The number of fused-ring (bicyclic) bond motifs is 2. The number of halogens is 1. The second-order valence-corrected chi connectivity index (χ2v) is 7.73. The van der Waals surface area contributed by atoms with Gasteiger partial charge in [0.05, 0.1) is 23.3 Å². The molecule has 2 heterocycles. The number of hydrogen-bond acceptors (Lipinski definition) is 2. The van der Waals surface area contributed by atoms with Crippen LogP contribution in [0.4, 0.5) is 4.39 Å². The van der Waals surface area contributed by atoms with Gasteiger partial charge in [0.15, 0.2) is 6.20 Å². The number of nitrogens with zero attached hydrogens (tertiary/aromatic N) is 2. The number of unbranched alkanes of at least 4 members (excludes halogenated alkanes) is 1. The molecule has 4 aromatic rings. The Balaban J connectivity index is 1.55. The number of carbonyl (C=O) groups is 1. The summed E-state index contributed by atoms with van der Waals surface area (Å²) in [5.74, 6) is 0.434. The van der Waals surface area contributed by atoms with Gasteiger partial charge in [-0.15, -0.1) is 11.8 Å². The fourth-order valence-corrected chi connectivity index (χ4v) is 4.37. The number of carbonyl (C=O) groups excluding carboxylic acids is 1. The molecule has 0 saturated heterocycles. The van der Waals surface area contributed by atoms with E-state index in [0.29, 0.717) is 12.2 Å². The number of thioether (sulfide) groups is 1. The second kappa shape index (κ2) is 8.57. The van der Waals surface area contributed by atoms with Crippen molar-refractivity contribution in [1.29, 1.82) is 0 Å². The predicted molar refractivity (Wildman–Crippen MR) is 113 cm³/mol. The Labute approximate surface area is 167 Å². The van der Waals surface area contributed by atoms with Crippen molar-refractivity contribution >= 4 is 39.5 Å². The second-order valence-electron chi connectivity index (χ2n) is 6.71. The van der Waals surface area contributed by atoms with Gasteiger partial charge in [-0.05, 0) is 24.6 Å². The van der Waals surface area contributed by atoms with E-state index in [2.05, 4.69) is 22.8 Å². The van der Waals surface area contributed by atoms with E-state index >= 15 is 0 Å². The van der Waals surface area contributed by atoms with E-state index in [4.69, 9.17) is 0 Å². The van der Waals surface area contributed by atoms with E-state index in [1.54, 1.807) is 16.3 Å². The topological polar surface area (TPSA) is 25.9 Å². The summed E-state index contributed by atoms with van der Waals surface area (Å²) in [6, 6.07) is 20.1. The summed E-state index contributed by atoms with van der Waals surface area (Å²) in [6.45, 7) is 0.520. The molecule has 0 fully saturated rings. The zero-order valence-corrected chi connectivity index (χ0v) is 16.4. The molecule has 0 aliphatic carbocycles. The number of benzene rings is 2. The smallest absolute Gasteiger partial charge is 0.241 e. The van der Waals surface area contributed by atoms with Crippen LogP contribution in [0.1, 0.15) is 17.6 Å². The van der Waals surface area contributed by atoms with Crippen molar-refractivity contribution in [3.05, 3.63) is 73.1 Å². The molecule has 0 aliphatic rings. The Bertz CT molecular complexity index is 1120. The van der Waals surface area contributed by atoms with E-state index < -0.39 is 0 Å². The average molecular weight is 394 g/mol. The lowest BCUT2D eigenvalue weighted by Crippen LogP contribution is -2.34. The lowest BCUT2D eigenvalue weighted by Gasteiger charge is -2.08. The number of rotatable bonds is 7. The zero-order chi connectivity index (χ0) is 19.3. The molecule has 2 aromatic carbocycles. The van der Waals surface area contributed by atoms with Gasteiger partial charge < -0.3 is 0 Å². The molecule has 0 atom stereocenters. The normalized spacial score (nSPS) is 11.3. The Morgan fingerprint density at radius 1 is 1.00 bits per heavy atom. The molecule has 0 amide bonds. The molecule has 0 bridgehead atoms. The van der Waals surface area contributed by atoms with Gasteiger partial charge in [0.1, 0.15) is 6.54 Å². The molecular formula is C23H22FN2OS+. The van der Waals surface area contributed by atoms with Crippen LogP contribution in [-0.4, -0.2) is 22.9 Å². The Morgan fingerprint density at radius 3 is 2.71 bits per heavy atom. The fourth-order valence-electron chi connectivity index (χ4n) is 3.47. The van der Waals surface area contributed by atoms with Gasteiger partial charge in [-0.3, -0.25) is 13.8 Å². The summed E-state index contributed by atoms with van der Waals surface area (Å²) in [4.78, 5) is 13.9. The van der Waals surface area contributed by atoms with E-state index in [-0.39, 0.29) is 12.6 Å². The van der Waals surface area contributed by atoms with Crippen LogP contribution in [-0.2, 0) is 6.54 Å². The molecule has 0 N–H and O–H groups in total. The SMILES string of the molecule is O=C(CSc1cc[n+](CCCCF)c2ccccc12)n1ccc2ccccc21. The standard InChI is InChI=1S/C23H22FN2OS/c24-13-5-6-14-25-15-12-22(19-8-2-4-10-21(19)25)28-17-23(27)26-16-11-18-7-1-3-9-20(18)26/h1-4,7-12,15-16H,5-6,13-14,17H2/q+1. The summed E-state index contributed by atoms with van der Waals surface area (Å²) in [5, 5.41) is 2.20. The molecule has 4 rings (SSSR count). The quantitative estimate of drug-likeness (QED) is 0.243. The molecule has 142 valence electrons. The van der Waals surface area contributed by atoms with Crippen LogP contribution in [0.2, 0.25) is 0 Å². The average Bonchev–Trinajstić information content (AvgIpc) is 3.17. The van der Waals surface area contributed by atoms with Gasteiger partial charge in [-0.1, -0.05) is 30.3 Å². The highest BCUT2D eigenvalue weighted by molar-refractivity contribution is 8.00. The summed E-state index contributed by atoms with van der Waals surface area (Å²) in [7, 11) is 0. The number of aryl methyl sites for hydroxylation is 1. The molecule has 0 aliphatic heterocycles. The summed E-state index contributed by atoms with van der Waals surface area (Å²) >= 11 is 1.56. The first-order valence-electron chi connectivity index (χ1n) is 9.47. The molecule has 0 unspecified atom stereocenters. The van der Waals surface area contributed by atoms with Crippen LogP contribution >= 0.6 is 11.8 Å². The maximum absolute atomic E-state index is 12.8. The van der Waals surface area contributed by atoms with Gasteiger partial charge in [-0.2, -0.15) is 4.57 Å². The minimum absolute atomic E-state index is 0.0648. The van der Waals surface area contributed by atoms with Gasteiger partial charge in [0.2, 0.25) is 11.4 Å². The Hall–Kier alpha value is -2.66. The zero-order valence-electron chi connectivity index (χ0n) is 15.6. The summed E-state index contributed by atoms with van der Waals surface area (Å²) < 4.78 is 16.3. The van der Waals surface area contributed by atoms with Crippen molar-refractivity contribution in [2.45, 2.75) is 24.3 Å². The molecular weight excluding hydrogens is 371 g/mol. The largest absolute Gasteiger partial charge is 0.287 e. The first-order chi connectivity index (χ1) is 13.8. The number of alkyl halides is 1. The van der Waals surface area contributed by atoms with Crippen molar-refractivity contribution in [1.82, 2.24) is 4.57 Å². The van der Waals surface area contributed by atoms with Gasteiger partial charge >= 0.3 is 0 Å². The monoisotopic (exact) mass is 393 g/mol. The first kappa shape index (κ1) is 18.7. The van der Waals surface area contributed by atoms with Crippen LogP contribution in [0.25, 0.3) is 21.8 Å².